The second kappa shape index (κ2) is 6.66. The lowest BCUT2D eigenvalue weighted by molar-refractivity contribution is -0.385. The van der Waals surface area contributed by atoms with Crippen molar-refractivity contribution in [1.82, 2.24) is 0 Å². The summed E-state index contributed by atoms with van der Waals surface area (Å²) >= 11 is 3.75. The van der Waals surface area contributed by atoms with Gasteiger partial charge in [0.05, 0.1) is 15.5 Å². The Morgan fingerprint density at radius 3 is 2.05 bits per heavy atom. The number of anilines is 1. The molecule has 0 bridgehead atoms. The van der Waals surface area contributed by atoms with Gasteiger partial charge in [0, 0.05) is 19.3 Å². The maximum atomic E-state index is 12.4. The third-order valence-corrected chi connectivity index (χ3v) is 5.87. The summed E-state index contributed by atoms with van der Waals surface area (Å²) in [6.07, 6.45) is 0. The highest BCUT2D eigenvalue weighted by atomic mass is 127. The first-order chi connectivity index (χ1) is 10.2. The van der Waals surface area contributed by atoms with Gasteiger partial charge in [-0.25, -0.2) is 8.42 Å². The molecule has 0 radical (unpaired) electrons. The van der Waals surface area contributed by atoms with Gasteiger partial charge in [-0.3, -0.25) is 14.8 Å². The maximum absolute atomic E-state index is 12.4. The van der Waals surface area contributed by atoms with E-state index < -0.39 is 14.9 Å². The Labute approximate surface area is 154 Å². The largest absolute Gasteiger partial charge is 0.277 e. The Bertz CT molecular complexity index is 813. The molecule has 0 saturated heterocycles. The number of benzene rings is 2. The van der Waals surface area contributed by atoms with Crippen molar-refractivity contribution in [2.24, 2.45) is 0 Å². The molecule has 0 unspecified atom stereocenters. The average molecular weight is 544 g/mol. The van der Waals surface area contributed by atoms with Crippen molar-refractivity contribution in [1.29, 1.82) is 0 Å². The zero-order valence-corrected chi connectivity index (χ0v) is 16.3. The molecule has 2 aromatic carbocycles. The number of non-ortho nitro benzene ring substituents is 1. The molecule has 2 rings (SSSR count). The SMILES string of the molecule is Cc1ccc(S(=O)(=O)Nc2c(I)cc([N+](=O)[O-])cc2I)cc1. The van der Waals surface area contributed by atoms with E-state index in [9.17, 15) is 18.5 Å². The van der Waals surface area contributed by atoms with Gasteiger partial charge in [-0.1, -0.05) is 17.7 Å². The molecule has 1 N–H and O–H groups in total. The summed E-state index contributed by atoms with van der Waals surface area (Å²) in [7, 11) is -3.74. The number of nitro benzene ring substituents is 1. The van der Waals surface area contributed by atoms with E-state index in [1.165, 1.54) is 24.3 Å². The number of aryl methyl sites for hydroxylation is 1. The zero-order chi connectivity index (χ0) is 16.5. The van der Waals surface area contributed by atoms with Gasteiger partial charge in [-0.2, -0.15) is 0 Å². The van der Waals surface area contributed by atoms with Crippen molar-refractivity contribution in [2.75, 3.05) is 4.72 Å². The second-order valence-electron chi connectivity index (χ2n) is 4.46. The minimum Gasteiger partial charge on any atom is -0.277 e. The van der Waals surface area contributed by atoms with E-state index in [-0.39, 0.29) is 10.6 Å². The van der Waals surface area contributed by atoms with Crippen LogP contribution in [0.5, 0.6) is 0 Å². The minimum atomic E-state index is -3.74. The third-order valence-electron chi connectivity index (χ3n) is 2.81. The second-order valence-corrected chi connectivity index (χ2v) is 8.47. The predicted octanol–water partition coefficient (Wildman–Crippen LogP) is 3.91. The molecule has 0 saturated carbocycles. The first-order valence-electron chi connectivity index (χ1n) is 5.93. The van der Waals surface area contributed by atoms with Gasteiger partial charge < -0.3 is 0 Å². The predicted molar refractivity (Wildman–Crippen MR) is 101 cm³/mol. The van der Waals surface area contributed by atoms with Crippen molar-refractivity contribution in [3.05, 3.63) is 59.2 Å². The summed E-state index contributed by atoms with van der Waals surface area (Å²) in [5, 5.41) is 10.8. The quantitative estimate of drug-likeness (QED) is 0.360. The number of hydrogen-bond acceptors (Lipinski definition) is 4. The van der Waals surface area contributed by atoms with E-state index in [0.29, 0.717) is 12.8 Å². The topological polar surface area (TPSA) is 89.3 Å². The van der Waals surface area contributed by atoms with E-state index >= 15 is 0 Å². The molecule has 0 amide bonds. The molecule has 22 heavy (non-hydrogen) atoms. The van der Waals surface area contributed by atoms with Crippen molar-refractivity contribution >= 4 is 66.6 Å². The van der Waals surface area contributed by atoms with Gasteiger partial charge in [-0.15, -0.1) is 0 Å². The maximum Gasteiger partial charge on any atom is 0.271 e. The van der Waals surface area contributed by atoms with Crippen molar-refractivity contribution in [3.8, 4) is 0 Å². The average Bonchev–Trinajstić information content (AvgIpc) is 2.43. The van der Waals surface area contributed by atoms with Crippen LogP contribution in [0.3, 0.4) is 0 Å². The van der Waals surface area contributed by atoms with Crippen molar-refractivity contribution < 1.29 is 13.3 Å². The molecule has 0 aliphatic rings. The monoisotopic (exact) mass is 544 g/mol. The molecule has 6 nitrogen and oxygen atoms in total. The highest BCUT2D eigenvalue weighted by molar-refractivity contribution is 14.1. The van der Waals surface area contributed by atoms with Gasteiger partial charge in [0.15, 0.2) is 0 Å². The molecule has 9 heteroatoms. The molecule has 116 valence electrons. The van der Waals surface area contributed by atoms with Crippen LogP contribution in [0.1, 0.15) is 5.56 Å². The smallest absolute Gasteiger partial charge is 0.271 e. The standard InChI is InChI=1S/C13H10I2N2O4S/c1-8-2-4-10(5-3-8)22(20,21)16-13-11(14)6-9(17(18)19)7-12(13)15/h2-7,16H,1H3. The van der Waals surface area contributed by atoms with Gasteiger partial charge in [0.2, 0.25) is 0 Å². The molecule has 2 aromatic rings. The van der Waals surface area contributed by atoms with E-state index in [4.69, 9.17) is 0 Å². The highest BCUT2D eigenvalue weighted by Gasteiger charge is 2.20. The first kappa shape index (κ1) is 17.4. The highest BCUT2D eigenvalue weighted by Crippen LogP contribution is 2.31. The molecular weight excluding hydrogens is 534 g/mol. The Hall–Kier alpha value is -0.950. The van der Waals surface area contributed by atoms with Crippen LogP contribution in [0.4, 0.5) is 11.4 Å². The van der Waals surface area contributed by atoms with Crippen LogP contribution < -0.4 is 4.72 Å². The fourth-order valence-corrected chi connectivity index (χ4v) is 5.15. The summed E-state index contributed by atoms with van der Waals surface area (Å²) in [6.45, 7) is 1.87. The van der Waals surface area contributed by atoms with Crippen LogP contribution in [0.2, 0.25) is 0 Å². The van der Waals surface area contributed by atoms with E-state index in [0.717, 1.165) is 5.56 Å². The molecule has 0 atom stereocenters. The molecular formula is C13H10I2N2O4S. The minimum absolute atomic E-state index is 0.0768. The Kier molecular flexibility index (Phi) is 5.27. The van der Waals surface area contributed by atoms with Crippen molar-refractivity contribution in [2.45, 2.75) is 11.8 Å². The van der Waals surface area contributed by atoms with Gasteiger partial charge in [0.1, 0.15) is 0 Å². The lowest BCUT2D eigenvalue weighted by Crippen LogP contribution is -2.15. The van der Waals surface area contributed by atoms with Gasteiger partial charge in [-0.05, 0) is 64.2 Å². The number of nitrogens with zero attached hydrogens (tertiary/aromatic N) is 1. The molecule has 0 aliphatic heterocycles. The van der Waals surface area contributed by atoms with Crippen LogP contribution in [0, 0.1) is 24.2 Å². The molecule has 0 heterocycles. The van der Waals surface area contributed by atoms with Gasteiger partial charge >= 0.3 is 0 Å². The number of hydrogen-bond donors (Lipinski definition) is 1. The summed E-state index contributed by atoms with van der Waals surface area (Å²) in [4.78, 5) is 10.4. The number of rotatable bonds is 4. The van der Waals surface area contributed by atoms with E-state index in [2.05, 4.69) is 4.72 Å². The summed E-state index contributed by atoms with van der Waals surface area (Å²) in [5.74, 6) is 0. The fraction of sp³-hybridized carbons (Fsp3) is 0.0769. The molecule has 0 aromatic heterocycles. The molecule has 0 aliphatic carbocycles. The van der Waals surface area contributed by atoms with Crippen LogP contribution in [0.25, 0.3) is 0 Å². The van der Waals surface area contributed by atoms with Crippen LogP contribution in [0.15, 0.2) is 41.3 Å². The Morgan fingerprint density at radius 2 is 1.59 bits per heavy atom. The number of sulfonamides is 1. The fourth-order valence-electron chi connectivity index (χ4n) is 1.67. The number of halogens is 2. The zero-order valence-electron chi connectivity index (χ0n) is 11.2. The van der Waals surface area contributed by atoms with Crippen LogP contribution in [-0.2, 0) is 10.0 Å². The molecule has 0 spiro atoms. The van der Waals surface area contributed by atoms with Crippen molar-refractivity contribution in [3.63, 3.8) is 0 Å². The van der Waals surface area contributed by atoms with Crippen LogP contribution >= 0.6 is 45.2 Å². The molecule has 0 fully saturated rings. The Balaban J connectivity index is 2.42. The van der Waals surface area contributed by atoms with E-state index in [1.54, 1.807) is 12.1 Å². The first-order valence-corrected chi connectivity index (χ1v) is 9.58. The summed E-state index contributed by atoms with van der Waals surface area (Å²) in [5.41, 5.74) is 1.22. The normalized spacial score (nSPS) is 11.2. The summed E-state index contributed by atoms with van der Waals surface area (Å²) in [6, 6.07) is 9.11. The lowest BCUT2D eigenvalue weighted by Gasteiger charge is -2.12. The Morgan fingerprint density at radius 1 is 1.09 bits per heavy atom. The van der Waals surface area contributed by atoms with Gasteiger partial charge in [0.25, 0.3) is 15.7 Å². The van der Waals surface area contributed by atoms with E-state index in [1.807, 2.05) is 52.1 Å². The number of nitrogens with one attached hydrogen (secondary N) is 1. The number of nitro groups is 1. The summed E-state index contributed by atoms with van der Waals surface area (Å²) < 4.78 is 28.2. The lowest BCUT2D eigenvalue weighted by atomic mass is 10.2. The van der Waals surface area contributed by atoms with Crippen LogP contribution in [-0.4, -0.2) is 13.3 Å². The third kappa shape index (κ3) is 3.87.